The van der Waals surface area contributed by atoms with Crippen LogP contribution >= 0.6 is 11.9 Å². The molecule has 0 fully saturated rings. The molecule has 0 saturated carbocycles. The maximum Gasteiger partial charge on any atom is 0.321 e. The molecule has 0 aliphatic rings. The van der Waals surface area contributed by atoms with E-state index in [-0.39, 0.29) is 11.6 Å². The highest BCUT2D eigenvalue weighted by molar-refractivity contribution is 7.97. The predicted molar refractivity (Wildman–Crippen MR) is 83.4 cm³/mol. The number of carboxylic acid groups (broad SMARTS) is 1. The molecule has 0 bridgehead atoms. The van der Waals surface area contributed by atoms with Crippen LogP contribution in [0.3, 0.4) is 0 Å². The van der Waals surface area contributed by atoms with Crippen molar-refractivity contribution >= 4 is 29.6 Å². The lowest BCUT2D eigenvalue weighted by Gasteiger charge is -2.13. The van der Waals surface area contributed by atoms with Crippen molar-refractivity contribution in [2.45, 2.75) is 23.8 Å². The lowest BCUT2D eigenvalue weighted by molar-refractivity contribution is -0.387. The Morgan fingerprint density at radius 3 is 2.73 bits per heavy atom. The van der Waals surface area contributed by atoms with Gasteiger partial charge in [0, 0.05) is 12.6 Å². The van der Waals surface area contributed by atoms with Crippen molar-refractivity contribution in [1.29, 1.82) is 0 Å². The molecule has 9 nitrogen and oxygen atoms in total. The number of nitro benzene ring substituents is 1. The summed E-state index contributed by atoms with van der Waals surface area (Å²) in [5.74, 6) is -1.09. The average Bonchev–Trinajstić information content (AvgIpc) is 2.45. The van der Waals surface area contributed by atoms with E-state index >= 15 is 0 Å². The summed E-state index contributed by atoms with van der Waals surface area (Å²) < 4.78 is 2.72. The number of guanidine groups is 1. The Morgan fingerprint density at radius 2 is 2.14 bits per heavy atom. The lowest BCUT2D eigenvalue weighted by atomic mass is 10.2. The summed E-state index contributed by atoms with van der Waals surface area (Å²) in [5, 5.41) is 20.0. The molecule has 0 spiro atoms. The number of nitro groups is 1. The van der Waals surface area contributed by atoms with Crippen LogP contribution in [0.4, 0.5) is 5.69 Å². The zero-order valence-electron chi connectivity index (χ0n) is 11.6. The molecular formula is C12H17N5O4S. The zero-order chi connectivity index (χ0) is 16.5. The van der Waals surface area contributed by atoms with Crippen molar-refractivity contribution in [3.63, 3.8) is 0 Å². The quantitative estimate of drug-likeness (QED) is 0.129. The Hall–Kier alpha value is -2.33. The monoisotopic (exact) mass is 327 g/mol. The van der Waals surface area contributed by atoms with Crippen LogP contribution < -0.4 is 16.2 Å². The number of nitrogens with one attached hydrogen (secondary N) is 1. The van der Waals surface area contributed by atoms with Crippen LogP contribution in [0.2, 0.25) is 0 Å². The molecule has 0 heterocycles. The van der Waals surface area contributed by atoms with E-state index in [1.807, 2.05) is 0 Å². The first kappa shape index (κ1) is 17.7. The van der Waals surface area contributed by atoms with Crippen molar-refractivity contribution < 1.29 is 14.8 Å². The van der Waals surface area contributed by atoms with Gasteiger partial charge in [0.1, 0.15) is 10.9 Å². The highest BCUT2D eigenvalue weighted by Gasteiger charge is 2.19. The molecule has 0 aromatic heterocycles. The van der Waals surface area contributed by atoms with Crippen LogP contribution in [0.5, 0.6) is 0 Å². The Morgan fingerprint density at radius 1 is 1.45 bits per heavy atom. The maximum absolute atomic E-state index is 11.2. The second kappa shape index (κ2) is 8.85. The second-order valence-electron chi connectivity index (χ2n) is 4.28. The summed E-state index contributed by atoms with van der Waals surface area (Å²) in [6.45, 7) is 0.323. The largest absolute Gasteiger partial charge is 0.480 e. The number of rotatable bonds is 9. The van der Waals surface area contributed by atoms with Crippen LogP contribution in [0, 0.1) is 10.1 Å². The van der Waals surface area contributed by atoms with Crippen molar-refractivity contribution in [1.82, 2.24) is 4.72 Å². The number of para-hydroxylation sites is 1. The standard InChI is InChI=1S/C12H17N5O4S/c13-12(14)15-7-3-4-8(11(18)19)16-22-10-6-2-1-5-9(10)17(20)21/h1-2,5-6,8,16H,3-4,7H2,(H,18,19)(H4,13,14,15). The number of carbonyl (C=O) groups is 1. The third kappa shape index (κ3) is 5.97. The van der Waals surface area contributed by atoms with Crippen molar-refractivity contribution in [3.8, 4) is 0 Å². The van der Waals surface area contributed by atoms with Crippen LogP contribution in [0.25, 0.3) is 0 Å². The summed E-state index contributed by atoms with van der Waals surface area (Å²) in [5.41, 5.74) is 10.3. The molecular weight excluding hydrogens is 310 g/mol. The second-order valence-corrected chi connectivity index (χ2v) is 5.16. The first-order valence-electron chi connectivity index (χ1n) is 6.35. The van der Waals surface area contributed by atoms with Gasteiger partial charge in [-0.25, -0.2) is 4.72 Å². The van der Waals surface area contributed by atoms with Crippen LogP contribution in [-0.2, 0) is 4.79 Å². The number of hydrogen-bond donors (Lipinski definition) is 4. The predicted octanol–water partition coefficient (Wildman–Crippen LogP) is 0.698. The number of aliphatic carboxylic acids is 1. The van der Waals surface area contributed by atoms with Gasteiger partial charge in [0.05, 0.1) is 4.92 Å². The van der Waals surface area contributed by atoms with Crippen molar-refractivity contribution in [2.75, 3.05) is 6.54 Å². The number of aliphatic imine (C=N–C) groups is 1. The minimum absolute atomic E-state index is 0.0471. The van der Waals surface area contributed by atoms with E-state index in [9.17, 15) is 14.9 Å². The highest BCUT2D eigenvalue weighted by atomic mass is 32.2. The molecule has 0 aliphatic carbocycles. The molecule has 1 atom stereocenters. The van der Waals surface area contributed by atoms with E-state index in [1.54, 1.807) is 18.2 Å². The number of carboxylic acids is 1. The van der Waals surface area contributed by atoms with Crippen LogP contribution in [0.1, 0.15) is 12.8 Å². The molecule has 10 heteroatoms. The van der Waals surface area contributed by atoms with Gasteiger partial charge >= 0.3 is 5.97 Å². The van der Waals surface area contributed by atoms with Crippen LogP contribution in [0.15, 0.2) is 34.2 Å². The molecule has 1 aromatic carbocycles. The molecule has 1 aromatic rings. The first-order chi connectivity index (χ1) is 10.4. The number of nitrogens with zero attached hydrogens (tertiary/aromatic N) is 2. The smallest absolute Gasteiger partial charge is 0.321 e. The van der Waals surface area contributed by atoms with Gasteiger partial charge in [-0.2, -0.15) is 0 Å². The Bertz CT molecular complexity index is 562. The molecule has 0 amide bonds. The minimum atomic E-state index is -1.05. The summed E-state index contributed by atoms with van der Waals surface area (Å²) >= 11 is 0.918. The molecule has 0 radical (unpaired) electrons. The van der Waals surface area contributed by atoms with Gasteiger partial charge in [0.15, 0.2) is 5.96 Å². The molecule has 0 saturated heterocycles. The van der Waals surface area contributed by atoms with E-state index < -0.39 is 16.9 Å². The summed E-state index contributed by atoms with van der Waals surface area (Å²) in [6, 6.07) is 5.24. The maximum atomic E-state index is 11.2. The number of hydrogen-bond acceptors (Lipinski definition) is 6. The van der Waals surface area contributed by atoms with Gasteiger partial charge in [-0.3, -0.25) is 19.9 Å². The van der Waals surface area contributed by atoms with E-state index in [0.717, 1.165) is 11.9 Å². The Labute approximate surface area is 131 Å². The third-order valence-corrected chi connectivity index (χ3v) is 3.58. The average molecular weight is 327 g/mol. The fourth-order valence-electron chi connectivity index (χ4n) is 1.57. The first-order valence-corrected chi connectivity index (χ1v) is 7.17. The minimum Gasteiger partial charge on any atom is -0.480 e. The normalized spacial score (nSPS) is 11.6. The molecule has 120 valence electrons. The Kier molecular flexibility index (Phi) is 7.13. The van der Waals surface area contributed by atoms with Crippen LogP contribution in [-0.4, -0.2) is 34.5 Å². The van der Waals surface area contributed by atoms with Gasteiger partial charge in [-0.15, -0.1) is 0 Å². The topological polar surface area (TPSA) is 157 Å². The third-order valence-electron chi connectivity index (χ3n) is 2.62. The number of nitrogens with two attached hydrogens (primary N) is 2. The van der Waals surface area contributed by atoms with E-state index in [4.69, 9.17) is 16.6 Å². The summed E-state index contributed by atoms with van der Waals surface area (Å²) in [4.78, 5) is 25.7. The highest BCUT2D eigenvalue weighted by Crippen LogP contribution is 2.27. The van der Waals surface area contributed by atoms with Gasteiger partial charge in [0.2, 0.25) is 0 Å². The summed E-state index contributed by atoms with van der Waals surface area (Å²) in [6.07, 6.45) is 0.763. The number of benzene rings is 1. The van der Waals surface area contributed by atoms with Gasteiger partial charge < -0.3 is 16.6 Å². The van der Waals surface area contributed by atoms with Gasteiger partial charge in [-0.1, -0.05) is 12.1 Å². The Balaban J connectivity index is 2.60. The van der Waals surface area contributed by atoms with E-state index in [0.29, 0.717) is 24.3 Å². The molecule has 22 heavy (non-hydrogen) atoms. The molecule has 1 rings (SSSR count). The lowest BCUT2D eigenvalue weighted by Crippen LogP contribution is -2.32. The summed E-state index contributed by atoms with van der Waals surface area (Å²) in [7, 11) is 0. The fourth-order valence-corrected chi connectivity index (χ4v) is 2.45. The van der Waals surface area contributed by atoms with Gasteiger partial charge in [0.25, 0.3) is 5.69 Å². The molecule has 0 aliphatic heterocycles. The fraction of sp³-hybridized carbons (Fsp3) is 0.333. The van der Waals surface area contributed by atoms with E-state index in [2.05, 4.69) is 9.71 Å². The van der Waals surface area contributed by atoms with E-state index in [1.165, 1.54) is 6.07 Å². The van der Waals surface area contributed by atoms with Crippen molar-refractivity contribution in [2.24, 2.45) is 16.5 Å². The van der Waals surface area contributed by atoms with Crippen molar-refractivity contribution in [3.05, 3.63) is 34.4 Å². The zero-order valence-corrected chi connectivity index (χ0v) is 12.5. The SMILES string of the molecule is NC(N)=NCCCC(NSc1ccccc1[N+](=O)[O-])C(=O)O. The molecule has 1 unspecified atom stereocenters. The van der Waals surface area contributed by atoms with Gasteiger partial charge in [-0.05, 0) is 30.9 Å². The molecule has 6 N–H and O–H groups in total.